The van der Waals surface area contributed by atoms with Gasteiger partial charge in [-0.05, 0) is 60.9 Å². The molecule has 32 heavy (non-hydrogen) atoms. The predicted octanol–water partition coefficient (Wildman–Crippen LogP) is 4.38. The zero-order valence-corrected chi connectivity index (χ0v) is 19.4. The van der Waals surface area contributed by atoms with Gasteiger partial charge in [-0.2, -0.15) is 0 Å². The van der Waals surface area contributed by atoms with Gasteiger partial charge in [0.2, 0.25) is 5.91 Å². The van der Waals surface area contributed by atoms with E-state index in [1.165, 1.54) is 24.0 Å². The molecule has 2 fully saturated rings. The normalized spacial score (nSPS) is 28.8. The molecule has 0 radical (unpaired) electrons. The van der Waals surface area contributed by atoms with Crippen LogP contribution >= 0.6 is 0 Å². The highest BCUT2D eigenvalue weighted by Gasteiger charge is 2.50. The lowest BCUT2D eigenvalue weighted by molar-refractivity contribution is -0.119. The van der Waals surface area contributed by atoms with Crippen LogP contribution in [0.4, 0.5) is 5.69 Å². The molecule has 2 N–H and O–H groups in total. The van der Waals surface area contributed by atoms with Crippen LogP contribution in [0.1, 0.15) is 61.3 Å². The van der Waals surface area contributed by atoms with Crippen LogP contribution in [0.25, 0.3) is 0 Å². The maximum atomic E-state index is 12.6. The van der Waals surface area contributed by atoms with E-state index in [9.17, 15) is 4.79 Å². The van der Waals surface area contributed by atoms with Crippen molar-refractivity contribution in [1.29, 1.82) is 0 Å². The first-order valence-corrected chi connectivity index (χ1v) is 12.1. The van der Waals surface area contributed by atoms with Crippen LogP contribution < -0.4 is 20.3 Å². The number of carbonyl (C=O) groups excluding carboxylic acids is 1. The number of benzene rings is 2. The molecule has 2 heterocycles. The van der Waals surface area contributed by atoms with Crippen molar-refractivity contribution in [3.05, 3.63) is 59.2 Å². The second-order valence-electron chi connectivity index (χ2n) is 9.74. The number of nitrogens with zero attached hydrogens (tertiary/aromatic N) is 1. The van der Waals surface area contributed by atoms with Gasteiger partial charge in [0.25, 0.3) is 0 Å². The van der Waals surface area contributed by atoms with E-state index < -0.39 is 0 Å². The second kappa shape index (κ2) is 8.87. The Kier molecular flexibility index (Phi) is 5.95. The first-order valence-electron chi connectivity index (χ1n) is 12.1. The Labute approximate surface area is 191 Å². The van der Waals surface area contributed by atoms with Crippen molar-refractivity contribution in [2.75, 3.05) is 25.6 Å². The summed E-state index contributed by atoms with van der Waals surface area (Å²) in [4.78, 5) is 14.4. The number of methoxy groups -OCH3 is 1. The third kappa shape index (κ3) is 3.93. The van der Waals surface area contributed by atoms with Crippen molar-refractivity contribution in [2.45, 2.75) is 57.2 Å². The zero-order chi connectivity index (χ0) is 22.2. The molecule has 1 saturated carbocycles. The zero-order valence-electron chi connectivity index (χ0n) is 19.4. The van der Waals surface area contributed by atoms with E-state index in [0.717, 1.165) is 42.9 Å². The number of carbonyl (C=O) groups is 1. The van der Waals surface area contributed by atoms with Gasteiger partial charge in [-0.1, -0.05) is 43.7 Å². The summed E-state index contributed by atoms with van der Waals surface area (Å²) in [5.74, 6) is 2.43. The molecule has 1 aliphatic carbocycles. The summed E-state index contributed by atoms with van der Waals surface area (Å²) in [7, 11) is 3.66. The van der Waals surface area contributed by atoms with Crippen molar-refractivity contribution in [1.82, 2.24) is 10.6 Å². The van der Waals surface area contributed by atoms with Gasteiger partial charge in [0.05, 0.1) is 7.11 Å². The molecule has 5 rings (SSSR count). The largest absolute Gasteiger partial charge is 0.496 e. The summed E-state index contributed by atoms with van der Waals surface area (Å²) >= 11 is 0. The third-order valence-corrected chi connectivity index (χ3v) is 7.66. The summed E-state index contributed by atoms with van der Waals surface area (Å²) in [6.45, 7) is 4.07. The smallest absolute Gasteiger partial charge is 0.230 e. The van der Waals surface area contributed by atoms with Crippen molar-refractivity contribution in [3.8, 4) is 5.75 Å². The van der Waals surface area contributed by atoms with Crippen LogP contribution in [0.15, 0.2) is 42.5 Å². The van der Waals surface area contributed by atoms with E-state index in [1.54, 1.807) is 7.11 Å². The van der Waals surface area contributed by atoms with Gasteiger partial charge in [-0.15, -0.1) is 0 Å². The summed E-state index contributed by atoms with van der Waals surface area (Å²) in [5, 5.41) is 7.67. The number of ether oxygens (including phenoxy) is 1. The molecule has 5 heteroatoms. The number of hydrogen-bond donors (Lipinski definition) is 2. The van der Waals surface area contributed by atoms with Crippen LogP contribution in [-0.2, 0) is 11.3 Å². The van der Waals surface area contributed by atoms with Gasteiger partial charge < -0.3 is 20.3 Å². The van der Waals surface area contributed by atoms with E-state index in [0.29, 0.717) is 23.9 Å². The first kappa shape index (κ1) is 21.5. The molecule has 3 aliphatic rings. The monoisotopic (exact) mass is 433 g/mol. The van der Waals surface area contributed by atoms with Gasteiger partial charge in [-0.25, -0.2) is 0 Å². The van der Waals surface area contributed by atoms with Gasteiger partial charge >= 0.3 is 0 Å². The molecule has 0 bridgehead atoms. The molecule has 5 atom stereocenters. The molecule has 1 saturated heterocycles. The predicted molar refractivity (Wildman–Crippen MR) is 128 cm³/mol. The fraction of sp³-hybridized carbons (Fsp3) is 0.519. The lowest BCUT2D eigenvalue weighted by Crippen LogP contribution is -2.49. The van der Waals surface area contributed by atoms with E-state index in [2.05, 4.69) is 60.0 Å². The molecule has 5 unspecified atom stereocenters. The Morgan fingerprint density at radius 1 is 1.16 bits per heavy atom. The highest BCUT2D eigenvalue weighted by atomic mass is 16.5. The molecule has 1 amide bonds. The minimum Gasteiger partial charge on any atom is -0.496 e. The molecule has 2 aliphatic heterocycles. The van der Waals surface area contributed by atoms with Gasteiger partial charge in [0.1, 0.15) is 5.75 Å². The molecule has 2 aromatic rings. The van der Waals surface area contributed by atoms with Crippen LogP contribution in [0.5, 0.6) is 5.75 Å². The number of amides is 1. The van der Waals surface area contributed by atoms with Crippen molar-refractivity contribution >= 4 is 11.6 Å². The van der Waals surface area contributed by atoms with Crippen molar-refractivity contribution < 1.29 is 9.53 Å². The number of fused-ring (bicyclic) bond motifs is 3. The van der Waals surface area contributed by atoms with Gasteiger partial charge in [0, 0.05) is 42.8 Å². The summed E-state index contributed by atoms with van der Waals surface area (Å²) in [6.07, 6.45) is 4.61. The van der Waals surface area contributed by atoms with E-state index >= 15 is 0 Å². The Balaban J connectivity index is 1.38. The fourth-order valence-corrected chi connectivity index (χ4v) is 5.82. The number of nitrogens with one attached hydrogen (secondary N) is 2. The Hall–Kier alpha value is -2.37. The van der Waals surface area contributed by atoms with Crippen molar-refractivity contribution in [3.63, 3.8) is 0 Å². The number of rotatable bonds is 7. The minimum atomic E-state index is 0.177. The SMILES string of the molecule is CCCC1CNC(c2ccccc2)C(NCc2cc3c(cc2OC)C2CC2C(=O)N3C)C1. The lowest BCUT2D eigenvalue weighted by atomic mass is 9.84. The van der Waals surface area contributed by atoms with Crippen LogP contribution in [0.2, 0.25) is 0 Å². The molecule has 0 spiro atoms. The van der Waals surface area contributed by atoms with Crippen LogP contribution in [0, 0.1) is 11.8 Å². The summed E-state index contributed by atoms with van der Waals surface area (Å²) in [6, 6.07) is 15.7. The maximum Gasteiger partial charge on any atom is 0.230 e. The Morgan fingerprint density at radius 3 is 2.72 bits per heavy atom. The maximum absolute atomic E-state index is 12.6. The van der Waals surface area contributed by atoms with Crippen molar-refractivity contribution in [2.24, 2.45) is 11.8 Å². The van der Waals surface area contributed by atoms with Gasteiger partial charge in [0.15, 0.2) is 0 Å². The van der Waals surface area contributed by atoms with E-state index in [4.69, 9.17) is 4.74 Å². The first-order chi connectivity index (χ1) is 15.6. The molecule has 5 nitrogen and oxygen atoms in total. The standard InChI is InChI=1S/C27H35N3O2/c1-4-8-17-11-23(26(29-15-17)18-9-6-5-7-10-18)28-16-19-12-24-21(14-25(19)32-3)20-13-22(20)27(31)30(24)2/h5-7,9-10,12,14,17,20,22-23,26,28-29H,4,8,11,13,15-16H2,1-3H3. The highest BCUT2D eigenvalue weighted by molar-refractivity contribution is 6.01. The Morgan fingerprint density at radius 2 is 1.97 bits per heavy atom. The number of hydrogen-bond acceptors (Lipinski definition) is 4. The molecule has 170 valence electrons. The average molecular weight is 434 g/mol. The summed E-state index contributed by atoms with van der Waals surface area (Å²) < 4.78 is 5.79. The molecular formula is C27H35N3O2. The second-order valence-corrected chi connectivity index (χ2v) is 9.74. The summed E-state index contributed by atoms with van der Waals surface area (Å²) in [5.41, 5.74) is 4.77. The lowest BCUT2D eigenvalue weighted by Gasteiger charge is -2.38. The fourth-order valence-electron chi connectivity index (χ4n) is 5.82. The molecular weight excluding hydrogens is 398 g/mol. The van der Waals surface area contributed by atoms with Crippen LogP contribution in [-0.4, -0.2) is 32.7 Å². The molecule has 2 aromatic carbocycles. The van der Waals surface area contributed by atoms with E-state index in [-0.39, 0.29) is 11.8 Å². The third-order valence-electron chi connectivity index (χ3n) is 7.66. The Bertz CT molecular complexity index is 976. The minimum absolute atomic E-state index is 0.177. The average Bonchev–Trinajstić information content (AvgIpc) is 3.63. The number of piperidine rings is 1. The van der Waals surface area contributed by atoms with E-state index in [1.807, 2.05) is 11.9 Å². The van der Waals surface area contributed by atoms with Gasteiger partial charge in [-0.3, -0.25) is 4.79 Å². The topological polar surface area (TPSA) is 53.6 Å². The van der Waals surface area contributed by atoms with Crippen LogP contribution in [0.3, 0.4) is 0 Å². The highest BCUT2D eigenvalue weighted by Crippen LogP contribution is 2.56. The quantitative estimate of drug-likeness (QED) is 0.680. The number of anilines is 1. The molecule has 0 aromatic heterocycles.